The fourth-order valence-corrected chi connectivity index (χ4v) is 3.42. The van der Waals surface area contributed by atoms with Gasteiger partial charge in [0, 0.05) is 24.4 Å². The molecule has 2 saturated carbocycles. The van der Waals surface area contributed by atoms with Gasteiger partial charge in [-0.2, -0.15) is 0 Å². The first-order chi connectivity index (χ1) is 7.36. The predicted molar refractivity (Wildman–Crippen MR) is 59.5 cm³/mol. The highest BCUT2D eigenvalue weighted by Gasteiger charge is 2.41. The Hall–Kier alpha value is -0.830. The molecule has 2 fully saturated rings. The van der Waals surface area contributed by atoms with Crippen molar-refractivity contribution in [2.45, 2.75) is 38.1 Å². The zero-order valence-corrected chi connectivity index (χ0v) is 9.29. The highest BCUT2D eigenvalue weighted by atomic mass is 15.0. The maximum atomic E-state index is 4.54. The molecule has 82 valence electrons. The van der Waals surface area contributed by atoms with E-state index in [1.165, 1.54) is 37.2 Å². The largest absolute Gasteiger partial charge is 0.345 e. The summed E-state index contributed by atoms with van der Waals surface area (Å²) in [5.41, 5.74) is 1.22. The first-order valence-electron chi connectivity index (χ1n) is 6.05. The third-order valence-electron chi connectivity index (χ3n) is 4.10. The van der Waals surface area contributed by atoms with Crippen molar-refractivity contribution in [1.82, 2.24) is 15.3 Å². The molecule has 3 nitrogen and oxygen atoms in total. The van der Waals surface area contributed by atoms with Crippen LogP contribution >= 0.6 is 0 Å². The normalized spacial score (nSPS) is 33.8. The van der Waals surface area contributed by atoms with Crippen molar-refractivity contribution in [3.05, 3.63) is 17.7 Å². The molecule has 0 saturated heterocycles. The molecule has 2 N–H and O–H groups in total. The van der Waals surface area contributed by atoms with Crippen LogP contribution in [0.1, 0.15) is 43.1 Å². The van der Waals surface area contributed by atoms with E-state index in [1.807, 2.05) is 13.2 Å². The fourth-order valence-electron chi connectivity index (χ4n) is 3.42. The number of rotatable bonds is 3. The topological polar surface area (TPSA) is 40.7 Å². The molecule has 1 heterocycles. The second kappa shape index (κ2) is 3.63. The van der Waals surface area contributed by atoms with Gasteiger partial charge in [0.05, 0.1) is 0 Å². The van der Waals surface area contributed by atoms with Gasteiger partial charge in [0.1, 0.15) is 5.82 Å². The minimum Gasteiger partial charge on any atom is -0.345 e. The van der Waals surface area contributed by atoms with Gasteiger partial charge in [0.15, 0.2) is 0 Å². The number of aromatic nitrogens is 2. The Morgan fingerprint density at radius 1 is 1.47 bits per heavy atom. The van der Waals surface area contributed by atoms with Crippen LogP contribution in [0, 0.1) is 11.8 Å². The molecular formula is C12H19N3. The first-order valence-corrected chi connectivity index (χ1v) is 6.05. The van der Waals surface area contributed by atoms with Crippen LogP contribution in [0.2, 0.25) is 0 Å². The molecule has 2 bridgehead atoms. The quantitative estimate of drug-likeness (QED) is 0.792. The van der Waals surface area contributed by atoms with Gasteiger partial charge < -0.3 is 10.3 Å². The third-order valence-corrected chi connectivity index (χ3v) is 4.10. The number of hydrogen-bond donors (Lipinski definition) is 2. The average molecular weight is 205 g/mol. The molecule has 0 radical (unpaired) electrons. The lowest BCUT2D eigenvalue weighted by Crippen LogP contribution is -2.10. The van der Waals surface area contributed by atoms with E-state index in [0.29, 0.717) is 0 Å². The van der Waals surface area contributed by atoms with E-state index >= 15 is 0 Å². The number of nitrogens with zero attached hydrogens (tertiary/aromatic N) is 1. The molecular weight excluding hydrogens is 186 g/mol. The molecule has 2 aliphatic carbocycles. The third kappa shape index (κ3) is 1.59. The first kappa shape index (κ1) is 9.40. The Bertz CT molecular complexity index is 344. The van der Waals surface area contributed by atoms with E-state index in [2.05, 4.69) is 15.3 Å². The van der Waals surface area contributed by atoms with Crippen LogP contribution in [-0.4, -0.2) is 17.0 Å². The molecule has 3 rings (SSSR count). The summed E-state index contributed by atoms with van der Waals surface area (Å²) in [4.78, 5) is 8.01. The maximum Gasteiger partial charge on any atom is 0.109 e. The highest BCUT2D eigenvalue weighted by molar-refractivity contribution is 5.11. The number of hydrogen-bond acceptors (Lipinski definition) is 2. The van der Waals surface area contributed by atoms with Crippen molar-refractivity contribution in [3.8, 4) is 0 Å². The number of imidazole rings is 1. The Kier molecular flexibility index (Phi) is 2.28. The van der Waals surface area contributed by atoms with Gasteiger partial charge in [-0.3, -0.25) is 0 Å². The number of aromatic amines is 1. The fraction of sp³-hybridized carbons (Fsp3) is 0.750. The van der Waals surface area contributed by atoms with Crippen LogP contribution in [0.4, 0.5) is 0 Å². The lowest BCUT2D eigenvalue weighted by molar-refractivity contribution is 0.407. The van der Waals surface area contributed by atoms with Gasteiger partial charge in [-0.1, -0.05) is 6.42 Å². The van der Waals surface area contributed by atoms with Crippen molar-refractivity contribution in [1.29, 1.82) is 0 Å². The van der Waals surface area contributed by atoms with Gasteiger partial charge in [-0.15, -0.1) is 0 Å². The van der Waals surface area contributed by atoms with E-state index in [4.69, 9.17) is 0 Å². The molecule has 0 amide bonds. The molecule has 1 aromatic rings. The van der Waals surface area contributed by atoms with Crippen LogP contribution in [0.25, 0.3) is 0 Å². The Balaban J connectivity index is 1.75. The summed E-state index contributed by atoms with van der Waals surface area (Å²) in [6.07, 6.45) is 7.70. The molecule has 0 spiro atoms. The summed E-state index contributed by atoms with van der Waals surface area (Å²) in [6, 6.07) is 0. The van der Waals surface area contributed by atoms with E-state index < -0.39 is 0 Å². The molecule has 3 heteroatoms. The van der Waals surface area contributed by atoms with Crippen LogP contribution in [-0.2, 0) is 6.54 Å². The molecule has 15 heavy (non-hydrogen) atoms. The van der Waals surface area contributed by atoms with Gasteiger partial charge in [0.2, 0.25) is 0 Å². The van der Waals surface area contributed by atoms with Gasteiger partial charge in [-0.05, 0) is 38.1 Å². The Morgan fingerprint density at radius 3 is 3.07 bits per heavy atom. The summed E-state index contributed by atoms with van der Waals surface area (Å²) in [6.45, 7) is 0.897. The van der Waals surface area contributed by atoms with Gasteiger partial charge in [0.25, 0.3) is 0 Å². The Labute approximate surface area is 90.7 Å². The van der Waals surface area contributed by atoms with Crippen LogP contribution in [0.3, 0.4) is 0 Å². The minimum absolute atomic E-state index is 0.731. The molecule has 1 aromatic heterocycles. The van der Waals surface area contributed by atoms with Crippen molar-refractivity contribution in [3.63, 3.8) is 0 Å². The zero-order chi connectivity index (χ0) is 10.3. The number of fused-ring (bicyclic) bond motifs is 2. The summed E-state index contributed by atoms with van der Waals surface area (Å²) in [7, 11) is 1.97. The monoisotopic (exact) mass is 205 g/mol. The zero-order valence-electron chi connectivity index (χ0n) is 9.29. The van der Waals surface area contributed by atoms with Crippen molar-refractivity contribution in [2.75, 3.05) is 7.05 Å². The lowest BCUT2D eigenvalue weighted by atomic mass is 9.88. The van der Waals surface area contributed by atoms with Crippen LogP contribution < -0.4 is 5.32 Å². The summed E-state index contributed by atoms with van der Waals surface area (Å²) in [5, 5.41) is 3.15. The average Bonchev–Trinajstić information content (AvgIpc) is 2.91. The number of nitrogens with one attached hydrogen (secondary N) is 2. The van der Waals surface area contributed by atoms with Crippen LogP contribution in [0.15, 0.2) is 6.20 Å². The van der Waals surface area contributed by atoms with Crippen LogP contribution in [0.5, 0.6) is 0 Å². The molecule has 3 atom stereocenters. The standard InChI is InChI=1S/C12H19N3/c1-13-6-10-7-14-12(15-10)11-5-8-2-3-9(11)4-8/h7-9,11,13H,2-6H2,1H3,(H,14,15). The summed E-state index contributed by atoms with van der Waals surface area (Å²) >= 11 is 0. The summed E-state index contributed by atoms with van der Waals surface area (Å²) in [5.74, 6) is 3.89. The molecule has 0 aromatic carbocycles. The summed E-state index contributed by atoms with van der Waals surface area (Å²) < 4.78 is 0. The number of H-pyrrole nitrogens is 1. The second-order valence-electron chi connectivity index (χ2n) is 5.11. The second-order valence-corrected chi connectivity index (χ2v) is 5.11. The minimum atomic E-state index is 0.731. The maximum absolute atomic E-state index is 4.54. The molecule has 2 aliphatic rings. The predicted octanol–water partition coefficient (Wildman–Crippen LogP) is 2.03. The highest BCUT2D eigenvalue weighted by Crippen LogP contribution is 2.52. The van der Waals surface area contributed by atoms with Crippen molar-refractivity contribution in [2.24, 2.45) is 11.8 Å². The van der Waals surface area contributed by atoms with E-state index in [0.717, 1.165) is 24.3 Å². The van der Waals surface area contributed by atoms with Crippen molar-refractivity contribution < 1.29 is 0 Å². The smallest absolute Gasteiger partial charge is 0.109 e. The molecule has 3 unspecified atom stereocenters. The molecule has 0 aliphatic heterocycles. The van der Waals surface area contributed by atoms with Gasteiger partial charge >= 0.3 is 0 Å². The van der Waals surface area contributed by atoms with Gasteiger partial charge in [-0.25, -0.2) is 4.98 Å². The van der Waals surface area contributed by atoms with Crippen molar-refractivity contribution >= 4 is 0 Å². The SMILES string of the molecule is CNCc1cnc(C2CC3CCC2C3)[nH]1. The van der Waals surface area contributed by atoms with E-state index in [-0.39, 0.29) is 0 Å². The van der Waals surface area contributed by atoms with E-state index in [9.17, 15) is 0 Å². The van der Waals surface area contributed by atoms with E-state index in [1.54, 1.807) is 0 Å². The Morgan fingerprint density at radius 2 is 2.40 bits per heavy atom. The lowest BCUT2D eigenvalue weighted by Gasteiger charge is -2.19.